The van der Waals surface area contributed by atoms with Crippen LogP contribution in [0.1, 0.15) is 63.6 Å². The van der Waals surface area contributed by atoms with Crippen LogP contribution >= 0.6 is 0 Å². The molecule has 4 rings (SSSR count). The number of nitrogens with one attached hydrogen (secondary N) is 1. The Morgan fingerprint density at radius 2 is 1.81 bits per heavy atom. The van der Waals surface area contributed by atoms with Gasteiger partial charge in [0.05, 0.1) is 0 Å². The third-order valence-electron chi connectivity index (χ3n) is 7.07. The van der Waals surface area contributed by atoms with Crippen molar-refractivity contribution in [2.45, 2.75) is 71.9 Å². The van der Waals surface area contributed by atoms with Crippen molar-refractivity contribution in [1.82, 2.24) is 9.88 Å². The van der Waals surface area contributed by atoms with E-state index in [2.05, 4.69) is 40.8 Å². The van der Waals surface area contributed by atoms with E-state index in [-0.39, 0.29) is 29.6 Å². The van der Waals surface area contributed by atoms with E-state index in [0.717, 1.165) is 56.3 Å². The molecule has 1 aliphatic heterocycles. The van der Waals surface area contributed by atoms with Crippen LogP contribution < -0.4 is 15.0 Å². The molecule has 1 aromatic carbocycles. The lowest BCUT2D eigenvalue weighted by Gasteiger charge is -2.53. The average Bonchev–Trinajstić information content (AvgIpc) is 2.82. The number of rotatable bonds is 6. The van der Waals surface area contributed by atoms with E-state index >= 15 is 0 Å². The number of halogens is 2. The van der Waals surface area contributed by atoms with Gasteiger partial charge in [0.25, 0.3) is 0 Å². The fraction of sp³-hybridized carbons (Fsp3) is 0.536. The summed E-state index contributed by atoms with van der Waals surface area (Å²) in [4.78, 5) is 30.8. The highest BCUT2D eigenvalue weighted by atomic mass is 19.3. The predicted molar refractivity (Wildman–Crippen MR) is 142 cm³/mol. The number of urea groups is 1. The summed E-state index contributed by atoms with van der Waals surface area (Å²) in [5.41, 5.74) is 2.96. The monoisotopic (exact) mass is 516 g/mol. The summed E-state index contributed by atoms with van der Waals surface area (Å²) < 4.78 is 30.5. The second-order valence-electron chi connectivity index (χ2n) is 10.3. The second kappa shape index (κ2) is 12.4. The summed E-state index contributed by atoms with van der Waals surface area (Å²) in [5, 5.41) is 2.82. The topological polar surface area (TPSA) is 74.8 Å². The minimum atomic E-state index is -3.03. The molecule has 9 heteroatoms. The van der Waals surface area contributed by atoms with Gasteiger partial charge in [-0.1, -0.05) is 32.0 Å². The SMILES string of the molecule is CC=O.Cc1ccc(NC(=O)N(c2ccccc2C(C)C)C2CCC3(CC2)CN(C)C3)c(OC(F)F)n1. The van der Waals surface area contributed by atoms with Crippen LogP contribution in [-0.4, -0.2) is 55.0 Å². The third-order valence-corrected chi connectivity index (χ3v) is 7.07. The number of likely N-dealkylation sites (tertiary alicyclic amines) is 1. The smallest absolute Gasteiger partial charge is 0.388 e. The number of nitrogens with zero attached hydrogens (tertiary/aromatic N) is 3. The lowest BCUT2D eigenvalue weighted by molar-refractivity contribution is -0.106. The standard InChI is InChI=1S/C26H34F2N4O2.C2H4O/c1-17(2)20-7-5-6-8-22(20)32(19-11-13-26(14-12-19)15-31(4)16-26)25(33)30-21-10-9-18(3)29-23(21)34-24(27)28;1-2-3/h5-10,17,19,24H,11-16H2,1-4H3,(H,30,33);2H,1H3. The van der Waals surface area contributed by atoms with Gasteiger partial charge in [-0.25, -0.2) is 9.78 Å². The van der Waals surface area contributed by atoms with Gasteiger partial charge < -0.3 is 19.7 Å². The van der Waals surface area contributed by atoms with Crippen molar-refractivity contribution in [2.24, 2.45) is 5.41 Å². The van der Waals surface area contributed by atoms with Crippen molar-refractivity contribution in [3.05, 3.63) is 47.7 Å². The minimum absolute atomic E-state index is 0.0225. The van der Waals surface area contributed by atoms with Gasteiger partial charge >= 0.3 is 12.6 Å². The zero-order valence-electron chi connectivity index (χ0n) is 22.3. The molecule has 1 saturated heterocycles. The number of hydrogen-bond acceptors (Lipinski definition) is 5. The number of pyridine rings is 1. The molecule has 2 heterocycles. The number of aryl methyl sites for hydroxylation is 1. The maximum atomic E-state index is 13.7. The van der Waals surface area contributed by atoms with E-state index in [1.165, 1.54) is 6.92 Å². The van der Waals surface area contributed by atoms with Crippen molar-refractivity contribution >= 4 is 23.7 Å². The molecule has 0 bridgehead atoms. The maximum Gasteiger partial charge on any atom is 0.388 e. The number of ether oxygens (including phenoxy) is 1. The van der Waals surface area contributed by atoms with Crippen LogP contribution in [0.25, 0.3) is 0 Å². The lowest BCUT2D eigenvalue weighted by atomic mass is 9.67. The average molecular weight is 517 g/mol. The van der Waals surface area contributed by atoms with Gasteiger partial charge in [0.2, 0.25) is 5.88 Å². The van der Waals surface area contributed by atoms with Crippen molar-refractivity contribution in [2.75, 3.05) is 30.4 Å². The molecule has 1 aromatic heterocycles. The van der Waals surface area contributed by atoms with Crippen molar-refractivity contribution < 1.29 is 23.1 Å². The normalized spacial score (nSPS) is 17.1. The van der Waals surface area contributed by atoms with E-state index in [1.807, 2.05) is 29.2 Å². The van der Waals surface area contributed by atoms with E-state index < -0.39 is 6.61 Å². The number of alkyl halides is 2. The Labute approximate surface area is 218 Å². The van der Waals surface area contributed by atoms with Gasteiger partial charge in [-0.05, 0) is 81.7 Å². The first-order valence-electron chi connectivity index (χ1n) is 12.8. The van der Waals surface area contributed by atoms with Crippen LogP contribution in [0.5, 0.6) is 5.88 Å². The Kier molecular flexibility index (Phi) is 9.59. The maximum absolute atomic E-state index is 13.7. The molecule has 2 aromatic rings. The predicted octanol–water partition coefficient (Wildman–Crippen LogP) is 6.23. The first kappa shape index (κ1) is 28.5. The fourth-order valence-corrected chi connectivity index (χ4v) is 5.53. The number of carbonyl (C=O) groups excluding carboxylic acids is 2. The number of aldehydes is 1. The molecule has 1 saturated carbocycles. The Hall–Kier alpha value is -3.07. The number of aromatic nitrogens is 1. The molecule has 0 unspecified atom stereocenters. The molecule has 202 valence electrons. The van der Waals surface area contributed by atoms with Gasteiger partial charge in [0, 0.05) is 30.5 Å². The zero-order valence-corrected chi connectivity index (χ0v) is 22.3. The minimum Gasteiger partial charge on any atom is -0.415 e. The van der Waals surface area contributed by atoms with Crippen LogP contribution in [0.15, 0.2) is 36.4 Å². The highest BCUT2D eigenvalue weighted by Gasteiger charge is 2.45. The third kappa shape index (κ3) is 7.03. The van der Waals surface area contributed by atoms with Crippen LogP contribution in [0.2, 0.25) is 0 Å². The van der Waals surface area contributed by atoms with Crippen molar-refractivity contribution in [1.29, 1.82) is 0 Å². The highest BCUT2D eigenvalue weighted by Crippen LogP contribution is 2.45. The summed E-state index contributed by atoms with van der Waals surface area (Å²) in [6.07, 6.45) is 4.70. The number of anilines is 2. The number of amides is 2. The van der Waals surface area contributed by atoms with Crippen molar-refractivity contribution in [3.8, 4) is 5.88 Å². The zero-order chi connectivity index (χ0) is 27.2. The second-order valence-corrected chi connectivity index (χ2v) is 10.3. The first-order valence-corrected chi connectivity index (χ1v) is 12.8. The fourth-order valence-electron chi connectivity index (χ4n) is 5.53. The van der Waals surface area contributed by atoms with E-state index in [9.17, 15) is 13.6 Å². The lowest BCUT2D eigenvalue weighted by Crippen LogP contribution is -2.57. The molecule has 2 aliphatic rings. The number of benzene rings is 1. The highest BCUT2D eigenvalue weighted by molar-refractivity contribution is 6.03. The molecular weight excluding hydrogens is 478 g/mol. The Balaban J connectivity index is 0.00000121. The van der Waals surface area contributed by atoms with Crippen LogP contribution in [-0.2, 0) is 4.79 Å². The molecular formula is C28H38F2N4O3. The van der Waals surface area contributed by atoms with Gasteiger partial charge in [0.15, 0.2) is 0 Å². The van der Waals surface area contributed by atoms with E-state index in [0.29, 0.717) is 11.1 Å². The molecule has 0 atom stereocenters. The molecule has 1 aliphatic carbocycles. The molecule has 37 heavy (non-hydrogen) atoms. The van der Waals surface area contributed by atoms with E-state index in [4.69, 9.17) is 4.79 Å². The summed E-state index contributed by atoms with van der Waals surface area (Å²) in [6, 6.07) is 10.8. The number of carbonyl (C=O) groups is 2. The quantitative estimate of drug-likeness (QED) is 0.461. The van der Waals surface area contributed by atoms with Crippen LogP contribution in [0.4, 0.5) is 25.0 Å². The Morgan fingerprint density at radius 3 is 2.38 bits per heavy atom. The largest absolute Gasteiger partial charge is 0.415 e. The molecule has 2 fully saturated rings. The molecule has 0 radical (unpaired) electrons. The van der Waals surface area contributed by atoms with Gasteiger partial charge in [-0.3, -0.25) is 4.90 Å². The summed E-state index contributed by atoms with van der Waals surface area (Å²) in [5.74, 6) is -0.0546. The summed E-state index contributed by atoms with van der Waals surface area (Å²) >= 11 is 0. The Bertz CT molecular complexity index is 1060. The summed E-state index contributed by atoms with van der Waals surface area (Å²) in [6.45, 7) is 6.53. The van der Waals surface area contributed by atoms with Gasteiger partial charge in [-0.2, -0.15) is 8.78 Å². The van der Waals surface area contributed by atoms with Gasteiger partial charge in [-0.15, -0.1) is 0 Å². The van der Waals surface area contributed by atoms with E-state index in [1.54, 1.807) is 19.1 Å². The molecule has 7 nitrogen and oxygen atoms in total. The Morgan fingerprint density at radius 1 is 1.19 bits per heavy atom. The first-order chi connectivity index (χ1) is 17.6. The summed E-state index contributed by atoms with van der Waals surface area (Å²) in [7, 11) is 2.14. The number of hydrogen-bond donors (Lipinski definition) is 1. The van der Waals surface area contributed by atoms with Crippen molar-refractivity contribution in [3.63, 3.8) is 0 Å². The molecule has 1 N–H and O–H groups in total. The molecule has 2 amide bonds. The van der Waals surface area contributed by atoms with Crippen LogP contribution in [0.3, 0.4) is 0 Å². The van der Waals surface area contributed by atoms with Crippen LogP contribution in [0, 0.1) is 12.3 Å². The molecule has 1 spiro atoms. The van der Waals surface area contributed by atoms with Gasteiger partial charge in [0.1, 0.15) is 12.0 Å². The number of para-hydroxylation sites is 1.